The van der Waals surface area contributed by atoms with Crippen LogP contribution in [0.1, 0.15) is 10.4 Å². The van der Waals surface area contributed by atoms with Crippen LogP contribution in [0.2, 0.25) is 5.02 Å². The highest BCUT2D eigenvalue weighted by Gasteiger charge is 2.18. The quantitative estimate of drug-likeness (QED) is 0.809. The number of hydrogen-bond donors (Lipinski definition) is 1. The highest BCUT2D eigenvalue weighted by atomic mass is 79.9. The first-order valence-corrected chi connectivity index (χ1v) is 7.73. The highest BCUT2D eigenvalue weighted by Crippen LogP contribution is 2.35. The van der Waals surface area contributed by atoms with E-state index in [1.54, 1.807) is 30.3 Å². The Morgan fingerprint density at radius 3 is 2.17 bits per heavy atom. The predicted octanol–water partition coefficient (Wildman–Crippen LogP) is 4.38. The summed E-state index contributed by atoms with van der Waals surface area (Å²) in [6.07, 6.45) is 0. The van der Waals surface area contributed by atoms with Crippen LogP contribution in [0.3, 0.4) is 0 Å². The molecule has 0 aliphatic carbocycles. The van der Waals surface area contributed by atoms with E-state index in [4.69, 9.17) is 25.8 Å². The molecule has 0 saturated carbocycles. The molecule has 0 aromatic heterocycles. The Morgan fingerprint density at radius 1 is 1.00 bits per heavy atom. The van der Waals surface area contributed by atoms with Crippen LogP contribution >= 0.6 is 27.5 Å². The first-order chi connectivity index (χ1) is 11.0. The largest absolute Gasteiger partial charge is 0.496 e. The average molecular weight is 401 g/mol. The summed E-state index contributed by atoms with van der Waals surface area (Å²) >= 11 is 9.44. The van der Waals surface area contributed by atoms with Gasteiger partial charge in [0.15, 0.2) is 11.5 Å². The summed E-state index contributed by atoms with van der Waals surface area (Å²) in [4.78, 5) is 12.5. The average Bonchev–Trinajstić information content (AvgIpc) is 2.55. The van der Waals surface area contributed by atoms with Gasteiger partial charge in [0, 0.05) is 16.6 Å². The van der Waals surface area contributed by atoms with E-state index in [-0.39, 0.29) is 5.91 Å². The van der Waals surface area contributed by atoms with Gasteiger partial charge in [0.2, 0.25) is 0 Å². The number of halogens is 2. The minimum Gasteiger partial charge on any atom is -0.496 e. The molecule has 23 heavy (non-hydrogen) atoms. The summed E-state index contributed by atoms with van der Waals surface area (Å²) in [6.45, 7) is 0. The van der Waals surface area contributed by atoms with Gasteiger partial charge in [-0.25, -0.2) is 0 Å². The number of anilines is 1. The highest BCUT2D eigenvalue weighted by molar-refractivity contribution is 9.10. The number of methoxy groups -OCH3 is 3. The van der Waals surface area contributed by atoms with Crippen molar-refractivity contribution in [2.24, 2.45) is 0 Å². The van der Waals surface area contributed by atoms with Crippen molar-refractivity contribution in [3.05, 3.63) is 45.4 Å². The Hall–Kier alpha value is -1.92. The molecule has 2 aromatic carbocycles. The lowest BCUT2D eigenvalue weighted by Gasteiger charge is -2.14. The Balaban J connectivity index is 2.38. The maximum atomic E-state index is 12.5. The van der Waals surface area contributed by atoms with Gasteiger partial charge in [0.1, 0.15) is 5.75 Å². The van der Waals surface area contributed by atoms with Crippen molar-refractivity contribution in [3.63, 3.8) is 0 Å². The first kappa shape index (κ1) is 17.4. The molecule has 1 N–H and O–H groups in total. The first-order valence-electron chi connectivity index (χ1n) is 6.56. The second-order valence-corrected chi connectivity index (χ2v) is 5.81. The molecular formula is C16H15BrClNO4. The lowest BCUT2D eigenvalue weighted by Crippen LogP contribution is -2.14. The number of benzene rings is 2. The van der Waals surface area contributed by atoms with Crippen molar-refractivity contribution in [3.8, 4) is 17.2 Å². The van der Waals surface area contributed by atoms with E-state index < -0.39 is 0 Å². The third-order valence-corrected chi connectivity index (χ3v) is 3.94. The molecule has 7 heteroatoms. The van der Waals surface area contributed by atoms with Gasteiger partial charge in [-0.3, -0.25) is 4.79 Å². The molecule has 2 rings (SSSR count). The zero-order valence-electron chi connectivity index (χ0n) is 12.8. The van der Waals surface area contributed by atoms with Gasteiger partial charge in [0.05, 0.1) is 37.6 Å². The van der Waals surface area contributed by atoms with Crippen LogP contribution in [0.4, 0.5) is 5.69 Å². The van der Waals surface area contributed by atoms with Crippen LogP contribution in [0.15, 0.2) is 34.8 Å². The van der Waals surface area contributed by atoms with Crippen molar-refractivity contribution >= 4 is 39.1 Å². The Bertz CT molecular complexity index is 736. The Labute approximate surface area is 147 Å². The summed E-state index contributed by atoms with van der Waals surface area (Å²) in [6, 6.07) is 8.34. The SMILES string of the molecule is COc1cc(OC)c(C(=O)Nc2ccc(Br)cc2Cl)cc1OC. The van der Waals surface area contributed by atoms with Crippen molar-refractivity contribution in [2.75, 3.05) is 26.6 Å². The third-order valence-electron chi connectivity index (χ3n) is 3.13. The van der Waals surface area contributed by atoms with E-state index in [9.17, 15) is 4.79 Å². The van der Waals surface area contributed by atoms with Crippen LogP contribution in [0, 0.1) is 0 Å². The molecular weight excluding hydrogens is 386 g/mol. The molecule has 0 aliphatic rings. The second kappa shape index (κ2) is 7.57. The summed E-state index contributed by atoms with van der Waals surface area (Å²) in [7, 11) is 4.49. The molecule has 0 saturated heterocycles. The smallest absolute Gasteiger partial charge is 0.259 e. The molecule has 122 valence electrons. The number of ether oxygens (including phenoxy) is 3. The van der Waals surface area contributed by atoms with Gasteiger partial charge in [0.25, 0.3) is 5.91 Å². The fourth-order valence-corrected chi connectivity index (χ4v) is 2.71. The van der Waals surface area contributed by atoms with Crippen LogP contribution in [0.25, 0.3) is 0 Å². The zero-order chi connectivity index (χ0) is 17.0. The third kappa shape index (κ3) is 3.89. The van der Waals surface area contributed by atoms with E-state index in [0.717, 1.165) is 4.47 Å². The second-order valence-electron chi connectivity index (χ2n) is 4.49. The zero-order valence-corrected chi connectivity index (χ0v) is 15.1. The fourth-order valence-electron chi connectivity index (χ4n) is 1.99. The van der Waals surface area contributed by atoms with Crippen LogP contribution < -0.4 is 19.5 Å². The van der Waals surface area contributed by atoms with Crippen LogP contribution in [0.5, 0.6) is 17.2 Å². The lowest BCUT2D eigenvalue weighted by molar-refractivity contribution is 0.102. The van der Waals surface area contributed by atoms with Crippen molar-refractivity contribution in [2.45, 2.75) is 0 Å². The lowest BCUT2D eigenvalue weighted by atomic mass is 10.1. The number of carbonyl (C=O) groups excluding carboxylic acids is 1. The van der Waals surface area contributed by atoms with Crippen LogP contribution in [-0.4, -0.2) is 27.2 Å². The predicted molar refractivity (Wildman–Crippen MR) is 93.2 cm³/mol. The molecule has 5 nitrogen and oxygen atoms in total. The summed E-state index contributed by atoms with van der Waals surface area (Å²) in [5.41, 5.74) is 0.806. The molecule has 0 atom stereocenters. The maximum Gasteiger partial charge on any atom is 0.259 e. The van der Waals surface area contributed by atoms with Gasteiger partial charge in [-0.1, -0.05) is 27.5 Å². The fraction of sp³-hybridized carbons (Fsp3) is 0.188. The molecule has 0 spiro atoms. The maximum absolute atomic E-state index is 12.5. The monoisotopic (exact) mass is 399 g/mol. The summed E-state index contributed by atoms with van der Waals surface area (Å²) < 4.78 is 16.5. The van der Waals surface area contributed by atoms with Gasteiger partial charge in [-0.15, -0.1) is 0 Å². The topological polar surface area (TPSA) is 56.8 Å². The molecule has 0 radical (unpaired) electrons. The number of nitrogens with one attached hydrogen (secondary N) is 1. The molecule has 0 fully saturated rings. The van der Waals surface area contributed by atoms with Gasteiger partial charge in [-0.2, -0.15) is 0 Å². The summed E-state index contributed by atoms with van der Waals surface area (Å²) in [5.74, 6) is 0.906. The number of amides is 1. The van der Waals surface area contributed by atoms with Crippen molar-refractivity contribution in [1.29, 1.82) is 0 Å². The van der Waals surface area contributed by atoms with E-state index >= 15 is 0 Å². The number of rotatable bonds is 5. The van der Waals surface area contributed by atoms with Crippen LogP contribution in [-0.2, 0) is 0 Å². The van der Waals surface area contributed by atoms with Gasteiger partial charge >= 0.3 is 0 Å². The minimum atomic E-state index is -0.368. The molecule has 0 bridgehead atoms. The molecule has 1 amide bonds. The standard InChI is InChI=1S/C16H15BrClNO4/c1-21-13-8-15(23-3)14(22-2)7-10(13)16(20)19-12-5-4-9(17)6-11(12)18/h4-8H,1-3H3,(H,19,20). The van der Waals surface area contributed by atoms with E-state index in [1.807, 2.05) is 0 Å². The van der Waals surface area contributed by atoms with Gasteiger partial charge < -0.3 is 19.5 Å². The Kier molecular flexibility index (Phi) is 5.74. The van der Waals surface area contributed by atoms with E-state index in [0.29, 0.717) is 33.5 Å². The summed E-state index contributed by atoms with van der Waals surface area (Å²) in [5, 5.41) is 3.17. The molecule has 0 aliphatic heterocycles. The minimum absolute atomic E-state index is 0.309. The Morgan fingerprint density at radius 2 is 1.61 bits per heavy atom. The van der Waals surface area contributed by atoms with E-state index in [1.165, 1.54) is 21.3 Å². The van der Waals surface area contributed by atoms with Gasteiger partial charge in [-0.05, 0) is 18.2 Å². The number of hydrogen-bond acceptors (Lipinski definition) is 4. The normalized spacial score (nSPS) is 10.1. The number of carbonyl (C=O) groups is 1. The van der Waals surface area contributed by atoms with Crippen molar-refractivity contribution in [1.82, 2.24) is 0 Å². The molecule has 0 unspecified atom stereocenters. The molecule has 0 heterocycles. The van der Waals surface area contributed by atoms with Crippen molar-refractivity contribution < 1.29 is 19.0 Å². The van der Waals surface area contributed by atoms with E-state index in [2.05, 4.69) is 21.2 Å². The molecule has 2 aromatic rings.